The molecule has 1 heterocycles. The summed E-state index contributed by atoms with van der Waals surface area (Å²) in [6, 6.07) is 31.7. The molecule has 1 aliphatic rings. The quantitative estimate of drug-likeness (QED) is 0.0271. The van der Waals surface area contributed by atoms with Gasteiger partial charge in [0.15, 0.2) is 34.5 Å². The summed E-state index contributed by atoms with van der Waals surface area (Å²) in [5.41, 5.74) is 4.16. The van der Waals surface area contributed by atoms with E-state index in [1.807, 2.05) is 60.7 Å². The van der Waals surface area contributed by atoms with Gasteiger partial charge in [0.1, 0.15) is 50.3 Å². The van der Waals surface area contributed by atoms with E-state index in [1.165, 1.54) is 218 Å². The molecule has 0 aromatic heterocycles. The topological polar surface area (TPSA) is 135 Å². The van der Waals surface area contributed by atoms with E-state index < -0.39 is 0 Å². The monoisotopic (exact) mass is 1430 g/mol. The van der Waals surface area contributed by atoms with Crippen LogP contribution in [0.2, 0.25) is 0 Å². The summed E-state index contributed by atoms with van der Waals surface area (Å²) < 4.78 is 75.1. The molecule has 0 saturated carbocycles. The van der Waals surface area contributed by atoms with Crippen LogP contribution >= 0.6 is 0 Å². The van der Waals surface area contributed by atoms with Crippen molar-refractivity contribution >= 4 is 11.4 Å². The third kappa shape index (κ3) is 41.3. The molecule has 0 bridgehead atoms. The Morgan fingerprint density at radius 3 is 0.942 bits per heavy atom. The van der Waals surface area contributed by atoms with Crippen LogP contribution < -0.4 is 42.6 Å². The van der Waals surface area contributed by atoms with Gasteiger partial charge in [-0.1, -0.05) is 271 Å². The summed E-state index contributed by atoms with van der Waals surface area (Å²) in [5, 5.41) is 9.11. The van der Waals surface area contributed by atoms with E-state index in [0.717, 1.165) is 78.2 Å². The molecule has 0 spiro atoms. The first-order valence-electron chi connectivity index (χ1n) is 41.5. The van der Waals surface area contributed by atoms with Crippen LogP contribution in [0.3, 0.4) is 0 Å². The van der Waals surface area contributed by atoms with Crippen LogP contribution in [-0.2, 0) is 34.0 Å². The number of unbranched alkanes of at least 4 members (excludes halogenated alkanes) is 36. The fraction of sp³-hybridized carbons (Fsp3) is 0.663. The van der Waals surface area contributed by atoms with Gasteiger partial charge in [0, 0.05) is 12.1 Å². The molecular formula is C89H138N2O12. The average Bonchev–Trinajstić information content (AvgIpc) is 0.879. The third-order valence-corrected chi connectivity index (χ3v) is 19.0. The first-order valence-corrected chi connectivity index (χ1v) is 41.5. The lowest BCUT2D eigenvalue weighted by Gasteiger charge is -2.17. The standard InChI is InChI=1S/C89H138N2O12/c1-5-9-13-17-21-25-29-33-37-41-55-95-84-52-45-76(69-87(84)97-57-43-39-35-31-27-23-19-15-11-7-3)73-102-82-67-78(75-101-81-50-47-79(48-51-81)90-91-80-49-54-86-89(71-80)100-66-64-94-62-60-92-59-61-93-63-65-99-86)68-83(72-82)103-74-77-46-53-85(96-56-42-38-34-30-26-22-18-14-10-6-2)88(70-77)98-58-44-40-36-32-28-24-20-16-12-8-4/h45-54,67-72H,5-44,55-66,73-75H2,1-4H3. The van der Waals surface area contributed by atoms with Crippen molar-refractivity contribution in [2.45, 2.75) is 304 Å². The predicted octanol–water partition coefficient (Wildman–Crippen LogP) is 25.9. The smallest absolute Gasteiger partial charge is 0.163 e. The second kappa shape index (κ2) is 59.0. The maximum Gasteiger partial charge on any atom is 0.163 e. The van der Waals surface area contributed by atoms with Crippen molar-refractivity contribution in [3.05, 3.63) is 114 Å². The summed E-state index contributed by atoms with van der Waals surface area (Å²) in [6.45, 7) is 16.2. The summed E-state index contributed by atoms with van der Waals surface area (Å²) in [5.74, 6) is 6.32. The van der Waals surface area contributed by atoms with Crippen molar-refractivity contribution in [2.75, 3.05) is 79.3 Å². The minimum atomic E-state index is 0.265. The van der Waals surface area contributed by atoms with Crippen LogP contribution in [0.4, 0.5) is 11.4 Å². The number of fused-ring (bicyclic) bond motifs is 1. The number of hydrogen-bond donors (Lipinski definition) is 0. The van der Waals surface area contributed by atoms with Gasteiger partial charge in [-0.2, -0.15) is 10.2 Å². The van der Waals surface area contributed by atoms with Gasteiger partial charge < -0.3 is 56.8 Å². The Kier molecular flexibility index (Phi) is 49.1. The minimum absolute atomic E-state index is 0.265. The summed E-state index contributed by atoms with van der Waals surface area (Å²) in [4.78, 5) is 0. The van der Waals surface area contributed by atoms with Crippen LogP contribution in [0, 0.1) is 0 Å². The second-order valence-corrected chi connectivity index (χ2v) is 28.2. The summed E-state index contributed by atoms with van der Waals surface area (Å²) in [6.07, 6.45) is 51.2. The average molecular weight is 1430 g/mol. The van der Waals surface area contributed by atoms with Crippen LogP contribution in [0.15, 0.2) is 107 Å². The molecule has 0 radical (unpaired) electrons. The molecule has 0 amide bonds. The largest absolute Gasteiger partial charge is 0.490 e. The van der Waals surface area contributed by atoms with E-state index in [9.17, 15) is 0 Å². The van der Waals surface area contributed by atoms with E-state index in [2.05, 4.69) is 74.3 Å². The molecule has 0 saturated heterocycles. The Bertz CT molecular complexity index is 2760. The van der Waals surface area contributed by atoms with Crippen LogP contribution in [-0.4, -0.2) is 79.3 Å². The first kappa shape index (κ1) is 85.7. The van der Waals surface area contributed by atoms with Crippen molar-refractivity contribution in [1.29, 1.82) is 0 Å². The Morgan fingerprint density at radius 2 is 0.553 bits per heavy atom. The van der Waals surface area contributed by atoms with E-state index in [-0.39, 0.29) is 6.61 Å². The maximum atomic E-state index is 6.72. The Morgan fingerprint density at radius 1 is 0.243 bits per heavy atom. The maximum absolute atomic E-state index is 6.72. The van der Waals surface area contributed by atoms with Crippen LogP contribution in [0.1, 0.15) is 301 Å². The second-order valence-electron chi connectivity index (χ2n) is 28.2. The number of hydrogen-bond acceptors (Lipinski definition) is 14. The van der Waals surface area contributed by atoms with Gasteiger partial charge >= 0.3 is 0 Å². The Labute approximate surface area is 624 Å². The molecule has 0 fully saturated rings. The van der Waals surface area contributed by atoms with Gasteiger partial charge in [-0.15, -0.1) is 0 Å². The van der Waals surface area contributed by atoms with E-state index >= 15 is 0 Å². The molecule has 6 rings (SSSR count). The molecular weight excluding hydrogens is 1290 g/mol. The molecule has 5 aromatic rings. The SMILES string of the molecule is CCCCCCCCCCCCOc1ccc(COc2cc(COc3ccc(N=Nc4ccc5c(c4)OCCOCCOCCOCCO5)cc3)cc(OCc3ccc(OCCCCCCCCCCCC)c(OCCCCCCCCCCCC)c3)c2)cc1OCCCCCCCCCCCC. The minimum Gasteiger partial charge on any atom is -0.490 e. The van der Waals surface area contributed by atoms with Crippen LogP contribution in [0.5, 0.6) is 51.7 Å². The molecule has 0 aliphatic carbocycles. The molecule has 103 heavy (non-hydrogen) atoms. The van der Waals surface area contributed by atoms with Crippen molar-refractivity contribution in [2.24, 2.45) is 10.2 Å². The molecule has 576 valence electrons. The summed E-state index contributed by atoms with van der Waals surface area (Å²) in [7, 11) is 0. The number of rotatable bonds is 59. The predicted molar refractivity (Wildman–Crippen MR) is 422 cm³/mol. The van der Waals surface area contributed by atoms with E-state index in [0.29, 0.717) is 133 Å². The zero-order chi connectivity index (χ0) is 72.2. The molecule has 0 atom stereocenters. The van der Waals surface area contributed by atoms with Gasteiger partial charge in [-0.3, -0.25) is 0 Å². The lowest BCUT2D eigenvalue weighted by atomic mass is 10.1. The highest BCUT2D eigenvalue weighted by molar-refractivity contribution is 5.52. The molecule has 14 heteroatoms. The zero-order valence-electron chi connectivity index (χ0n) is 64.9. The fourth-order valence-electron chi connectivity index (χ4n) is 12.7. The molecule has 0 unspecified atom stereocenters. The van der Waals surface area contributed by atoms with E-state index in [4.69, 9.17) is 56.8 Å². The number of azo groups is 1. The molecule has 1 aliphatic heterocycles. The Hall–Kier alpha value is -6.22. The van der Waals surface area contributed by atoms with Gasteiger partial charge in [0.05, 0.1) is 77.4 Å². The number of ether oxygens (including phenoxy) is 12. The van der Waals surface area contributed by atoms with Gasteiger partial charge in [0.2, 0.25) is 0 Å². The summed E-state index contributed by atoms with van der Waals surface area (Å²) >= 11 is 0. The first-order chi connectivity index (χ1) is 51.0. The van der Waals surface area contributed by atoms with Crippen molar-refractivity contribution in [3.8, 4) is 51.7 Å². The van der Waals surface area contributed by atoms with Crippen molar-refractivity contribution in [1.82, 2.24) is 0 Å². The lowest BCUT2D eigenvalue weighted by molar-refractivity contribution is 0.00708. The fourth-order valence-corrected chi connectivity index (χ4v) is 12.7. The third-order valence-electron chi connectivity index (χ3n) is 19.0. The van der Waals surface area contributed by atoms with Crippen molar-refractivity contribution in [3.63, 3.8) is 0 Å². The highest BCUT2D eigenvalue weighted by Gasteiger charge is 2.15. The van der Waals surface area contributed by atoms with Gasteiger partial charge in [-0.05, 0) is 115 Å². The normalized spacial score (nSPS) is 13.0. The van der Waals surface area contributed by atoms with Crippen molar-refractivity contribution < 1.29 is 56.8 Å². The molecule has 0 N–H and O–H groups in total. The number of benzene rings is 5. The lowest BCUT2D eigenvalue weighted by Crippen LogP contribution is -2.13. The highest BCUT2D eigenvalue weighted by atomic mass is 16.6. The van der Waals surface area contributed by atoms with E-state index in [1.54, 1.807) is 0 Å². The zero-order valence-corrected chi connectivity index (χ0v) is 64.9. The van der Waals surface area contributed by atoms with Gasteiger partial charge in [-0.25, -0.2) is 0 Å². The van der Waals surface area contributed by atoms with Crippen LogP contribution in [0.25, 0.3) is 0 Å². The highest BCUT2D eigenvalue weighted by Crippen LogP contribution is 2.36. The Balaban J connectivity index is 1.14. The molecule has 5 aromatic carbocycles. The number of nitrogens with zero attached hydrogens (tertiary/aromatic N) is 2. The van der Waals surface area contributed by atoms with Gasteiger partial charge in [0.25, 0.3) is 0 Å². The molecule has 14 nitrogen and oxygen atoms in total.